The summed E-state index contributed by atoms with van der Waals surface area (Å²) in [6.07, 6.45) is 4.05. The zero-order chi connectivity index (χ0) is 16.2. The van der Waals surface area contributed by atoms with Gasteiger partial charge in [0.2, 0.25) is 0 Å². The third kappa shape index (κ3) is 4.09. The third-order valence-electron chi connectivity index (χ3n) is 4.63. The van der Waals surface area contributed by atoms with Crippen LogP contribution in [0.1, 0.15) is 43.7 Å². The van der Waals surface area contributed by atoms with Crippen LogP contribution in [-0.4, -0.2) is 30.4 Å². The number of carbonyl (C=O) groups excluding carboxylic acids is 1. The highest BCUT2D eigenvalue weighted by Crippen LogP contribution is 2.36. The Bertz CT molecular complexity index is 567. The van der Waals surface area contributed by atoms with Gasteiger partial charge >= 0.3 is 6.03 Å². The molecular weight excluding hydrogens is 316 g/mol. The molecule has 6 heteroatoms. The number of fused-ring (bicyclic) bond motifs is 1. The summed E-state index contributed by atoms with van der Waals surface area (Å²) >= 11 is 6.20. The van der Waals surface area contributed by atoms with E-state index in [1.165, 1.54) is 0 Å². The second kappa shape index (κ2) is 7.41. The summed E-state index contributed by atoms with van der Waals surface area (Å²) in [5, 5.41) is 16.1. The molecule has 3 N–H and O–H groups in total. The van der Waals surface area contributed by atoms with Crippen LogP contribution in [0, 0.1) is 5.92 Å². The van der Waals surface area contributed by atoms with Gasteiger partial charge in [0.15, 0.2) is 0 Å². The van der Waals surface area contributed by atoms with Gasteiger partial charge in [-0.25, -0.2) is 4.79 Å². The summed E-state index contributed by atoms with van der Waals surface area (Å²) in [5.41, 5.74) is 0.932. The van der Waals surface area contributed by atoms with Crippen LogP contribution in [0.2, 0.25) is 5.02 Å². The van der Waals surface area contributed by atoms with Gasteiger partial charge in [0.25, 0.3) is 0 Å². The van der Waals surface area contributed by atoms with Gasteiger partial charge in [-0.1, -0.05) is 23.7 Å². The van der Waals surface area contributed by atoms with Crippen LogP contribution in [0.25, 0.3) is 0 Å². The quantitative estimate of drug-likeness (QED) is 0.793. The van der Waals surface area contributed by atoms with Crippen molar-refractivity contribution in [3.63, 3.8) is 0 Å². The highest BCUT2D eigenvalue weighted by atomic mass is 35.5. The van der Waals surface area contributed by atoms with Crippen molar-refractivity contribution in [1.82, 2.24) is 10.6 Å². The molecule has 1 aliphatic carbocycles. The number of halogens is 1. The monoisotopic (exact) mass is 338 g/mol. The lowest BCUT2D eigenvalue weighted by molar-refractivity contribution is 0.177. The zero-order valence-electron chi connectivity index (χ0n) is 13.1. The first kappa shape index (κ1) is 16.4. The van der Waals surface area contributed by atoms with E-state index in [0.29, 0.717) is 29.8 Å². The van der Waals surface area contributed by atoms with Gasteiger partial charge in [-0.05, 0) is 44.1 Å². The van der Waals surface area contributed by atoms with Crippen molar-refractivity contribution in [1.29, 1.82) is 0 Å². The number of ether oxygens (including phenoxy) is 1. The Morgan fingerprint density at radius 3 is 3.00 bits per heavy atom. The molecule has 3 rings (SSSR count). The van der Waals surface area contributed by atoms with Crippen LogP contribution in [0.15, 0.2) is 18.2 Å². The number of amides is 2. The SMILES string of the molecule is O=C(NC[C@@H]1CC[C@H](O)C1)N[C@@H]1CCCOc2c(Cl)cccc21. The highest BCUT2D eigenvalue weighted by molar-refractivity contribution is 6.32. The topological polar surface area (TPSA) is 70.6 Å². The van der Waals surface area contributed by atoms with Crippen LogP contribution < -0.4 is 15.4 Å². The number of aliphatic hydroxyl groups excluding tert-OH is 1. The largest absolute Gasteiger partial charge is 0.492 e. The van der Waals surface area contributed by atoms with Crippen LogP contribution in [0.5, 0.6) is 5.75 Å². The molecule has 0 aromatic heterocycles. The molecule has 3 atom stereocenters. The number of para-hydroxylation sites is 1. The van der Waals surface area contributed by atoms with E-state index in [9.17, 15) is 9.90 Å². The smallest absolute Gasteiger partial charge is 0.315 e. The standard InChI is InChI=1S/C17H23ClN2O3/c18-14-4-1-3-13-15(5-2-8-23-16(13)14)20-17(22)19-10-11-6-7-12(21)9-11/h1,3-4,11-12,15,21H,2,5-10H2,(H2,19,20,22)/t11-,12+,15-/m1/s1. The first-order valence-corrected chi connectivity index (χ1v) is 8.65. The minimum Gasteiger partial charge on any atom is -0.492 e. The number of benzene rings is 1. The molecular formula is C17H23ClN2O3. The summed E-state index contributed by atoms with van der Waals surface area (Å²) < 4.78 is 5.71. The second-order valence-corrected chi connectivity index (χ2v) is 6.80. The number of rotatable bonds is 3. The Labute approximate surface area is 141 Å². The average Bonchev–Trinajstić information content (AvgIpc) is 2.83. The fraction of sp³-hybridized carbons (Fsp3) is 0.588. The number of nitrogens with one attached hydrogen (secondary N) is 2. The summed E-state index contributed by atoms with van der Waals surface area (Å²) in [6, 6.07) is 5.35. The normalized spacial score (nSPS) is 26.8. The number of hydrogen-bond acceptors (Lipinski definition) is 3. The molecule has 23 heavy (non-hydrogen) atoms. The van der Waals surface area contributed by atoms with Crippen molar-refractivity contribution in [3.05, 3.63) is 28.8 Å². The Kier molecular flexibility index (Phi) is 5.28. The highest BCUT2D eigenvalue weighted by Gasteiger charge is 2.25. The van der Waals surface area contributed by atoms with Crippen molar-refractivity contribution in [2.45, 2.75) is 44.2 Å². The lowest BCUT2D eigenvalue weighted by Gasteiger charge is -2.20. The number of hydrogen-bond donors (Lipinski definition) is 3. The van der Waals surface area contributed by atoms with E-state index >= 15 is 0 Å². The van der Waals surface area contributed by atoms with Crippen LogP contribution in [-0.2, 0) is 0 Å². The fourth-order valence-electron chi connectivity index (χ4n) is 3.40. The maximum absolute atomic E-state index is 12.2. The second-order valence-electron chi connectivity index (χ2n) is 6.39. The molecule has 5 nitrogen and oxygen atoms in total. The Morgan fingerprint density at radius 2 is 2.22 bits per heavy atom. The van der Waals surface area contributed by atoms with Gasteiger partial charge in [-0.3, -0.25) is 0 Å². The zero-order valence-corrected chi connectivity index (χ0v) is 13.8. The van der Waals surface area contributed by atoms with Crippen molar-refractivity contribution < 1.29 is 14.6 Å². The first-order chi connectivity index (χ1) is 11.1. The van der Waals surface area contributed by atoms with Gasteiger partial charge in [-0.2, -0.15) is 0 Å². The maximum Gasteiger partial charge on any atom is 0.315 e. The molecule has 1 aromatic rings. The van der Waals surface area contributed by atoms with Gasteiger partial charge in [-0.15, -0.1) is 0 Å². The van der Waals surface area contributed by atoms with E-state index in [1.54, 1.807) is 6.07 Å². The fourth-order valence-corrected chi connectivity index (χ4v) is 3.64. The third-order valence-corrected chi connectivity index (χ3v) is 4.92. The van der Waals surface area contributed by atoms with E-state index in [1.807, 2.05) is 12.1 Å². The Balaban J connectivity index is 1.59. The summed E-state index contributed by atoms with van der Waals surface area (Å²) in [4.78, 5) is 12.2. The van der Waals surface area contributed by atoms with Gasteiger partial charge in [0, 0.05) is 12.1 Å². The van der Waals surface area contributed by atoms with E-state index in [-0.39, 0.29) is 18.2 Å². The molecule has 0 unspecified atom stereocenters. The molecule has 1 aliphatic heterocycles. The molecule has 0 bridgehead atoms. The summed E-state index contributed by atoms with van der Waals surface area (Å²) in [7, 11) is 0. The van der Waals surface area contributed by atoms with E-state index in [0.717, 1.165) is 37.7 Å². The molecule has 1 saturated carbocycles. The molecule has 126 valence electrons. The number of aliphatic hydroxyl groups is 1. The number of carbonyl (C=O) groups is 1. The minimum atomic E-state index is -0.210. The minimum absolute atomic E-state index is 0.0969. The van der Waals surface area contributed by atoms with Crippen LogP contribution in [0.4, 0.5) is 4.79 Å². The predicted octanol–water partition coefficient (Wildman–Crippen LogP) is 3.01. The first-order valence-electron chi connectivity index (χ1n) is 8.27. The van der Waals surface area contributed by atoms with E-state index in [2.05, 4.69) is 10.6 Å². The summed E-state index contributed by atoms with van der Waals surface area (Å²) in [5.74, 6) is 1.05. The molecule has 0 radical (unpaired) electrons. The molecule has 2 amide bonds. The maximum atomic E-state index is 12.2. The average molecular weight is 339 g/mol. The Hall–Kier alpha value is -1.46. The lowest BCUT2D eigenvalue weighted by Crippen LogP contribution is -2.40. The molecule has 1 heterocycles. The van der Waals surface area contributed by atoms with Crippen LogP contribution in [0.3, 0.4) is 0 Å². The van der Waals surface area contributed by atoms with Crippen molar-refractivity contribution in [2.24, 2.45) is 5.92 Å². The van der Waals surface area contributed by atoms with Gasteiger partial charge < -0.3 is 20.5 Å². The van der Waals surface area contributed by atoms with Gasteiger partial charge in [0.05, 0.1) is 23.8 Å². The van der Waals surface area contributed by atoms with Crippen LogP contribution >= 0.6 is 11.6 Å². The van der Waals surface area contributed by atoms with E-state index < -0.39 is 0 Å². The lowest BCUT2D eigenvalue weighted by atomic mass is 10.0. The predicted molar refractivity (Wildman–Crippen MR) is 88.8 cm³/mol. The molecule has 2 aliphatic rings. The molecule has 0 spiro atoms. The van der Waals surface area contributed by atoms with E-state index in [4.69, 9.17) is 16.3 Å². The van der Waals surface area contributed by atoms with Crippen molar-refractivity contribution >= 4 is 17.6 Å². The molecule has 1 aromatic carbocycles. The van der Waals surface area contributed by atoms with Gasteiger partial charge in [0.1, 0.15) is 5.75 Å². The van der Waals surface area contributed by atoms with Crippen molar-refractivity contribution in [3.8, 4) is 5.75 Å². The summed E-state index contributed by atoms with van der Waals surface area (Å²) in [6.45, 7) is 1.21. The molecule has 0 saturated heterocycles. The number of urea groups is 1. The Morgan fingerprint density at radius 1 is 1.35 bits per heavy atom. The van der Waals surface area contributed by atoms with Crippen molar-refractivity contribution in [2.75, 3.05) is 13.2 Å². The molecule has 1 fully saturated rings.